The number of aromatic nitrogens is 1. The second-order valence-corrected chi connectivity index (χ2v) is 5.73. The smallest absolute Gasteiger partial charge is 0.251 e. The van der Waals surface area contributed by atoms with Crippen molar-refractivity contribution >= 4 is 22.5 Å². The highest BCUT2D eigenvalue weighted by Crippen LogP contribution is 2.05. The summed E-state index contributed by atoms with van der Waals surface area (Å²) in [4.78, 5) is 15.7. The molecule has 1 heterocycles. The van der Waals surface area contributed by atoms with Gasteiger partial charge in [0.25, 0.3) is 5.91 Å². The fraction of sp³-hybridized carbons (Fsp3) is 0.455. The van der Waals surface area contributed by atoms with Crippen molar-refractivity contribution in [2.45, 2.75) is 18.6 Å². The Labute approximate surface area is 109 Å². The zero-order valence-electron chi connectivity index (χ0n) is 10.5. The lowest BCUT2D eigenvalue weighted by atomic mass is 10.2. The number of carbonyl (C=O) groups excluding carboxylic acids is 1. The van der Waals surface area contributed by atoms with Gasteiger partial charge in [0.15, 0.2) is 0 Å². The Morgan fingerprint density at radius 2 is 2.33 bits per heavy atom. The Hall–Kier alpha value is -1.47. The summed E-state index contributed by atoms with van der Waals surface area (Å²) in [5.41, 5.74) is 2.87. The van der Waals surface area contributed by atoms with Crippen molar-refractivity contribution in [2.24, 2.45) is 5.84 Å². The summed E-state index contributed by atoms with van der Waals surface area (Å²) in [5, 5.41) is 2.84. The number of hydrogen-bond acceptors (Lipinski definition) is 5. The van der Waals surface area contributed by atoms with E-state index in [-0.39, 0.29) is 11.2 Å². The molecule has 2 atom stereocenters. The molecule has 100 valence electrons. The van der Waals surface area contributed by atoms with E-state index in [1.807, 2.05) is 6.92 Å². The van der Waals surface area contributed by atoms with E-state index in [1.54, 1.807) is 18.4 Å². The summed E-state index contributed by atoms with van der Waals surface area (Å²) >= 11 is 0. The van der Waals surface area contributed by atoms with Gasteiger partial charge in [-0.05, 0) is 18.6 Å². The molecule has 1 amide bonds. The van der Waals surface area contributed by atoms with Crippen molar-refractivity contribution < 1.29 is 9.00 Å². The zero-order chi connectivity index (χ0) is 13.5. The molecule has 4 N–H and O–H groups in total. The lowest BCUT2D eigenvalue weighted by molar-refractivity contribution is 0.0953. The number of nitrogens with zero attached hydrogens (tertiary/aromatic N) is 1. The molecule has 0 aliphatic carbocycles. The highest BCUT2D eigenvalue weighted by Gasteiger charge is 2.09. The monoisotopic (exact) mass is 270 g/mol. The molecular weight excluding hydrogens is 252 g/mol. The van der Waals surface area contributed by atoms with E-state index in [2.05, 4.69) is 15.7 Å². The number of nitrogens with two attached hydrogens (primary N) is 1. The molecular formula is C11H18N4O2S. The van der Waals surface area contributed by atoms with Crippen molar-refractivity contribution in [3.8, 4) is 0 Å². The first-order chi connectivity index (χ1) is 8.54. The number of hydrazine groups is 1. The first-order valence-electron chi connectivity index (χ1n) is 5.57. The molecule has 1 aromatic heterocycles. The molecule has 1 aromatic rings. The minimum atomic E-state index is -0.862. The van der Waals surface area contributed by atoms with Crippen molar-refractivity contribution in [1.82, 2.24) is 10.3 Å². The number of carbonyl (C=O) groups is 1. The highest BCUT2D eigenvalue weighted by molar-refractivity contribution is 7.84. The van der Waals surface area contributed by atoms with Crippen LogP contribution in [0.15, 0.2) is 18.3 Å². The van der Waals surface area contributed by atoms with E-state index in [0.717, 1.165) is 0 Å². The molecule has 0 aliphatic heterocycles. The second-order valence-electron chi connectivity index (χ2n) is 3.93. The topological polar surface area (TPSA) is 97.1 Å². The number of nitrogens with one attached hydrogen (secondary N) is 2. The average Bonchev–Trinajstić information content (AvgIpc) is 2.38. The maximum absolute atomic E-state index is 11.8. The van der Waals surface area contributed by atoms with E-state index in [4.69, 9.17) is 5.84 Å². The van der Waals surface area contributed by atoms with Crippen LogP contribution >= 0.6 is 0 Å². The molecule has 7 heteroatoms. The number of hydrogen-bond donors (Lipinski definition) is 3. The van der Waals surface area contributed by atoms with Gasteiger partial charge in [-0.2, -0.15) is 0 Å². The van der Waals surface area contributed by atoms with Gasteiger partial charge >= 0.3 is 0 Å². The van der Waals surface area contributed by atoms with Crippen molar-refractivity contribution in [3.63, 3.8) is 0 Å². The van der Waals surface area contributed by atoms with Gasteiger partial charge in [-0.3, -0.25) is 9.00 Å². The first-order valence-corrected chi connectivity index (χ1v) is 7.19. The van der Waals surface area contributed by atoms with E-state index in [0.29, 0.717) is 24.3 Å². The number of anilines is 1. The third-order valence-electron chi connectivity index (χ3n) is 2.57. The van der Waals surface area contributed by atoms with Crippen LogP contribution in [0.4, 0.5) is 5.82 Å². The molecule has 2 unspecified atom stereocenters. The average molecular weight is 270 g/mol. The minimum absolute atomic E-state index is 0.0732. The Balaban J connectivity index is 2.47. The number of nitrogen functional groups attached to an aromatic ring is 1. The van der Waals surface area contributed by atoms with Crippen LogP contribution in [-0.4, -0.2) is 33.2 Å². The van der Waals surface area contributed by atoms with Gasteiger partial charge in [-0.1, -0.05) is 6.92 Å². The van der Waals surface area contributed by atoms with E-state index in [9.17, 15) is 9.00 Å². The van der Waals surface area contributed by atoms with Gasteiger partial charge < -0.3 is 10.7 Å². The molecule has 0 saturated heterocycles. The Morgan fingerprint density at radius 3 is 2.94 bits per heavy atom. The summed E-state index contributed by atoms with van der Waals surface area (Å²) in [6, 6.07) is 3.17. The quantitative estimate of drug-likeness (QED) is 0.509. The standard InChI is InChI=1S/C11H18N4O2S/c1-8(18(2)17)3-5-14-11(16)9-4-6-13-10(7-9)15-12/h4,6-8H,3,5,12H2,1-2H3,(H,13,15)(H,14,16). The summed E-state index contributed by atoms with van der Waals surface area (Å²) in [7, 11) is -0.862. The maximum Gasteiger partial charge on any atom is 0.251 e. The van der Waals surface area contributed by atoms with Crippen molar-refractivity contribution in [1.29, 1.82) is 0 Å². The van der Waals surface area contributed by atoms with Gasteiger partial charge in [0.2, 0.25) is 0 Å². The molecule has 0 bridgehead atoms. The van der Waals surface area contributed by atoms with Crippen LogP contribution in [0.25, 0.3) is 0 Å². The molecule has 18 heavy (non-hydrogen) atoms. The predicted octanol–water partition coefficient (Wildman–Crippen LogP) is 0.254. The third kappa shape index (κ3) is 4.42. The Morgan fingerprint density at radius 1 is 1.61 bits per heavy atom. The largest absolute Gasteiger partial charge is 0.352 e. The van der Waals surface area contributed by atoms with Crippen LogP contribution < -0.4 is 16.6 Å². The molecule has 0 radical (unpaired) electrons. The minimum Gasteiger partial charge on any atom is -0.352 e. The lowest BCUT2D eigenvalue weighted by Gasteiger charge is -2.09. The number of rotatable bonds is 6. The predicted molar refractivity (Wildman–Crippen MR) is 72.5 cm³/mol. The highest BCUT2D eigenvalue weighted by atomic mass is 32.2. The van der Waals surface area contributed by atoms with E-state index >= 15 is 0 Å². The zero-order valence-corrected chi connectivity index (χ0v) is 11.3. The summed E-state index contributed by atoms with van der Waals surface area (Å²) in [6.07, 6.45) is 3.85. The number of amides is 1. The lowest BCUT2D eigenvalue weighted by Crippen LogP contribution is -2.27. The molecule has 0 fully saturated rings. The van der Waals surface area contributed by atoms with Crippen LogP contribution in [0.3, 0.4) is 0 Å². The van der Waals surface area contributed by atoms with Gasteiger partial charge in [-0.15, -0.1) is 0 Å². The fourth-order valence-corrected chi connectivity index (χ4v) is 1.76. The van der Waals surface area contributed by atoms with E-state index < -0.39 is 10.8 Å². The maximum atomic E-state index is 11.8. The van der Waals surface area contributed by atoms with Gasteiger partial charge in [0.05, 0.1) is 0 Å². The SMILES string of the molecule is CC(CCNC(=O)c1ccnc(NN)c1)S(C)=O. The van der Waals surface area contributed by atoms with Crippen molar-refractivity contribution in [2.75, 3.05) is 18.2 Å². The molecule has 0 aliphatic rings. The molecule has 1 rings (SSSR count). The second kappa shape index (κ2) is 7.07. The third-order valence-corrected chi connectivity index (χ3v) is 3.94. The summed E-state index contributed by atoms with van der Waals surface area (Å²) in [5.74, 6) is 5.46. The van der Waals surface area contributed by atoms with Gasteiger partial charge in [0, 0.05) is 40.6 Å². The summed E-state index contributed by atoms with van der Waals surface area (Å²) in [6.45, 7) is 2.39. The molecule has 0 spiro atoms. The summed E-state index contributed by atoms with van der Waals surface area (Å²) < 4.78 is 11.1. The van der Waals surface area contributed by atoms with Crippen LogP contribution in [0.2, 0.25) is 0 Å². The van der Waals surface area contributed by atoms with Gasteiger partial charge in [0.1, 0.15) is 5.82 Å². The van der Waals surface area contributed by atoms with Crippen LogP contribution in [-0.2, 0) is 10.8 Å². The van der Waals surface area contributed by atoms with E-state index in [1.165, 1.54) is 6.20 Å². The van der Waals surface area contributed by atoms with Crippen LogP contribution in [0.5, 0.6) is 0 Å². The molecule has 0 saturated carbocycles. The van der Waals surface area contributed by atoms with Gasteiger partial charge in [-0.25, -0.2) is 10.8 Å². The molecule has 6 nitrogen and oxygen atoms in total. The van der Waals surface area contributed by atoms with Crippen LogP contribution in [0, 0.1) is 0 Å². The Bertz CT molecular complexity index is 439. The Kier molecular flexibility index (Phi) is 5.73. The normalized spacial score (nSPS) is 13.7. The van der Waals surface area contributed by atoms with Crippen LogP contribution in [0.1, 0.15) is 23.7 Å². The van der Waals surface area contributed by atoms with Crippen molar-refractivity contribution in [3.05, 3.63) is 23.9 Å². The fourth-order valence-electron chi connectivity index (χ4n) is 1.31. The first kappa shape index (κ1) is 14.6. The number of pyridine rings is 1. The molecule has 0 aromatic carbocycles.